The molecule has 0 fully saturated rings. The highest BCUT2D eigenvalue weighted by atomic mass is 16.5. The van der Waals surface area contributed by atoms with E-state index in [1.807, 2.05) is 37.3 Å². The zero-order valence-electron chi connectivity index (χ0n) is 9.06. The van der Waals surface area contributed by atoms with Gasteiger partial charge in [0.25, 0.3) is 0 Å². The van der Waals surface area contributed by atoms with E-state index in [2.05, 4.69) is 0 Å². The molecule has 0 saturated heterocycles. The van der Waals surface area contributed by atoms with Crippen LogP contribution < -0.4 is 0 Å². The summed E-state index contributed by atoms with van der Waals surface area (Å²) in [6.07, 6.45) is 0. The molecule has 0 aliphatic rings. The normalized spacial score (nSPS) is 14.5. The van der Waals surface area contributed by atoms with Crippen molar-refractivity contribution in [2.75, 3.05) is 13.2 Å². The van der Waals surface area contributed by atoms with Crippen LogP contribution in [0.2, 0.25) is 0 Å². The van der Waals surface area contributed by atoms with E-state index < -0.39 is 11.4 Å². The minimum Gasteiger partial charge on any atom is -0.481 e. The predicted molar refractivity (Wildman–Crippen MR) is 57.9 cm³/mol. The number of benzene rings is 1. The van der Waals surface area contributed by atoms with Gasteiger partial charge in [-0.1, -0.05) is 30.3 Å². The molecule has 1 aromatic carbocycles. The summed E-state index contributed by atoms with van der Waals surface area (Å²) in [6.45, 7) is 4.26. The summed E-state index contributed by atoms with van der Waals surface area (Å²) in [5, 5.41) is 9.23. The van der Waals surface area contributed by atoms with Gasteiger partial charge in [0.05, 0.1) is 6.61 Å². The maximum atomic E-state index is 11.2. The first-order valence-corrected chi connectivity index (χ1v) is 4.98. The second kappa shape index (κ2) is 4.94. The average molecular weight is 208 g/mol. The van der Waals surface area contributed by atoms with Crippen molar-refractivity contribution in [3.8, 4) is 0 Å². The van der Waals surface area contributed by atoms with Crippen LogP contribution in [0, 0.1) is 0 Å². The fraction of sp³-hybridized carbons (Fsp3) is 0.417. The number of carboxylic acids is 1. The maximum Gasteiger partial charge on any atom is 0.316 e. The third-order valence-corrected chi connectivity index (χ3v) is 2.48. The highest BCUT2D eigenvalue weighted by Crippen LogP contribution is 2.24. The van der Waals surface area contributed by atoms with Gasteiger partial charge in [0, 0.05) is 6.61 Å². The molecule has 3 heteroatoms. The zero-order chi connectivity index (χ0) is 11.3. The van der Waals surface area contributed by atoms with Gasteiger partial charge in [0.1, 0.15) is 5.41 Å². The molecule has 15 heavy (non-hydrogen) atoms. The fourth-order valence-electron chi connectivity index (χ4n) is 1.38. The van der Waals surface area contributed by atoms with Crippen molar-refractivity contribution in [1.29, 1.82) is 0 Å². The molecule has 1 rings (SSSR count). The Morgan fingerprint density at radius 2 is 2.00 bits per heavy atom. The molecule has 0 bridgehead atoms. The van der Waals surface area contributed by atoms with Crippen LogP contribution in [-0.2, 0) is 14.9 Å². The standard InChI is InChI=1S/C12H16O3/c1-3-15-9-12(2,11(13)14)10-7-5-4-6-8-10/h4-8H,3,9H2,1-2H3,(H,13,14). The molecule has 0 saturated carbocycles. The van der Waals surface area contributed by atoms with E-state index in [1.54, 1.807) is 6.92 Å². The van der Waals surface area contributed by atoms with Crippen molar-refractivity contribution in [2.45, 2.75) is 19.3 Å². The van der Waals surface area contributed by atoms with Gasteiger partial charge in [-0.05, 0) is 19.4 Å². The molecule has 1 atom stereocenters. The molecule has 0 aliphatic heterocycles. The molecule has 3 nitrogen and oxygen atoms in total. The van der Waals surface area contributed by atoms with E-state index in [1.165, 1.54) is 0 Å². The van der Waals surface area contributed by atoms with Gasteiger partial charge < -0.3 is 9.84 Å². The summed E-state index contributed by atoms with van der Waals surface area (Å²) in [5.41, 5.74) is -0.192. The number of hydrogen-bond acceptors (Lipinski definition) is 2. The molecule has 0 aromatic heterocycles. The number of ether oxygens (including phenoxy) is 1. The fourth-order valence-corrected chi connectivity index (χ4v) is 1.38. The SMILES string of the molecule is CCOCC(C)(C(=O)O)c1ccccc1. The number of rotatable bonds is 5. The van der Waals surface area contributed by atoms with Crippen molar-refractivity contribution in [1.82, 2.24) is 0 Å². The van der Waals surface area contributed by atoms with Gasteiger partial charge in [0.15, 0.2) is 0 Å². The third-order valence-electron chi connectivity index (χ3n) is 2.48. The van der Waals surface area contributed by atoms with Gasteiger partial charge in [-0.25, -0.2) is 0 Å². The van der Waals surface area contributed by atoms with Crippen LogP contribution in [0.1, 0.15) is 19.4 Å². The lowest BCUT2D eigenvalue weighted by molar-refractivity contribution is -0.145. The molecule has 1 unspecified atom stereocenters. The van der Waals surface area contributed by atoms with E-state index >= 15 is 0 Å². The number of carbonyl (C=O) groups is 1. The topological polar surface area (TPSA) is 46.5 Å². The molecule has 0 radical (unpaired) electrons. The van der Waals surface area contributed by atoms with Crippen molar-refractivity contribution >= 4 is 5.97 Å². The van der Waals surface area contributed by atoms with Crippen LogP contribution in [0.4, 0.5) is 0 Å². The van der Waals surface area contributed by atoms with Gasteiger partial charge in [0.2, 0.25) is 0 Å². The van der Waals surface area contributed by atoms with Crippen LogP contribution in [0.5, 0.6) is 0 Å². The Morgan fingerprint density at radius 1 is 1.40 bits per heavy atom. The summed E-state index contributed by atoms with van der Waals surface area (Å²) >= 11 is 0. The molecule has 0 amide bonds. The van der Waals surface area contributed by atoms with Crippen molar-refractivity contribution in [3.63, 3.8) is 0 Å². The highest BCUT2D eigenvalue weighted by Gasteiger charge is 2.35. The summed E-state index contributed by atoms with van der Waals surface area (Å²) < 4.78 is 5.23. The first-order chi connectivity index (χ1) is 7.11. The monoisotopic (exact) mass is 208 g/mol. The van der Waals surface area contributed by atoms with Crippen LogP contribution in [0.25, 0.3) is 0 Å². The molecule has 1 aromatic rings. The molecule has 0 spiro atoms. The Hall–Kier alpha value is -1.35. The third kappa shape index (κ3) is 2.57. The van der Waals surface area contributed by atoms with Gasteiger partial charge in [-0.3, -0.25) is 4.79 Å². The molecule has 0 aliphatic carbocycles. The second-order valence-corrected chi connectivity index (χ2v) is 3.64. The Morgan fingerprint density at radius 3 is 2.47 bits per heavy atom. The number of carboxylic acid groups (broad SMARTS) is 1. The van der Waals surface area contributed by atoms with Gasteiger partial charge in [-0.2, -0.15) is 0 Å². The zero-order valence-corrected chi connectivity index (χ0v) is 9.06. The molecule has 1 N–H and O–H groups in total. The van der Waals surface area contributed by atoms with E-state index in [4.69, 9.17) is 4.74 Å². The van der Waals surface area contributed by atoms with Crippen molar-refractivity contribution in [3.05, 3.63) is 35.9 Å². The summed E-state index contributed by atoms with van der Waals surface area (Å²) in [5.74, 6) is -0.859. The predicted octanol–water partition coefficient (Wildman–Crippen LogP) is 2.07. The highest BCUT2D eigenvalue weighted by molar-refractivity contribution is 5.81. The minimum atomic E-state index is -0.961. The molecule has 82 valence electrons. The quantitative estimate of drug-likeness (QED) is 0.805. The van der Waals surface area contributed by atoms with Crippen LogP contribution in [0.15, 0.2) is 30.3 Å². The lowest BCUT2D eigenvalue weighted by Crippen LogP contribution is -2.37. The second-order valence-electron chi connectivity index (χ2n) is 3.64. The van der Waals surface area contributed by atoms with E-state index in [0.717, 1.165) is 5.56 Å². The van der Waals surface area contributed by atoms with Crippen molar-refractivity contribution in [2.24, 2.45) is 0 Å². The van der Waals surface area contributed by atoms with Crippen molar-refractivity contribution < 1.29 is 14.6 Å². The first kappa shape index (κ1) is 11.7. The van der Waals surface area contributed by atoms with Crippen LogP contribution in [-0.4, -0.2) is 24.3 Å². The summed E-state index contributed by atoms with van der Waals surface area (Å²) in [7, 11) is 0. The van der Waals surface area contributed by atoms with Crippen LogP contribution >= 0.6 is 0 Å². The summed E-state index contributed by atoms with van der Waals surface area (Å²) in [4.78, 5) is 11.2. The average Bonchev–Trinajstić information content (AvgIpc) is 2.27. The lowest BCUT2D eigenvalue weighted by Gasteiger charge is -2.24. The number of hydrogen-bond donors (Lipinski definition) is 1. The first-order valence-electron chi connectivity index (χ1n) is 4.98. The van der Waals surface area contributed by atoms with Crippen LogP contribution in [0.3, 0.4) is 0 Å². The minimum absolute atomic E-state index is 0.197. The molecule has 0 heterocycles. The number of aliphatic carboxylic acids is 1. The van der Waals surface area contributed by atoms with E-state index in [9.17, 15) is 9.90 Å². The Bertz CT molecular complexity index is 321. The summed E-state index contributed by atoms with van der Waals surface area (Å²) in [6, 6.07) is 9.16. The Balaban J connectivity index is 2.96. The maximum absolute atomic E-state index is 11.2. The van der Waals surface area contributed by atoms with Gasteiger partial charge in [-0.15, -0.1) is 0 Å². The van der Waals surface area contributed by atoms with E-state index in [-0.39, 0.29) is 6.61 Å². The smallest absolute Gasteiger partial charge is 0.316 e. The Kier molecular flexibility index (Phi) is 3.86. The molecular weight excluding hydrogens is 192 g/mol. The van der Waals surface area contributed by atoms with E-state index in [0.29, 0.717) is 6.61 Å². The lowest BCUT2D eigenvalue weighted by atomic mass is 9.83. The van der Waals surface area contributed by atoms with Gasteiger partial charge >= 0.3 is 5.97 Å². The Labute approximate surface area is 89.7 Å². The molecular formula is C12H16O3. The largest absolute Gasteiger partial charge is 0.481 e.